The number of furan rings is 1. The van der Waals surface area contributed by atoms with Crippen LogP contribution in [0.5, 0.6) is 0 Å². The van der Waals surface area contributed by atoms with Gasteiger partial charge in [-0.1, -0.05) is 23.7 Å². The first-order valence-corrected chi connectivity index (χ1v) is 6.49. The van der Waals surface area contributed by atoms with E-state index in [1.54, 1.807) is 30.3 Å². The Hall–Kier alpha value is -1.74. The number of amides is 1. The number of likely N-dealkylation sites (N-methyl/N-ethyl adjacent to an activating group) is 1. The van der Waals surface area contributed by atoms with Crippen molar-refractivity contribution in [3.05, 3.63) is 59.0 Å². The molecule has 0 aliphatic carbocycles. The standard InChI is InChI=1S/C15H16ClNO2/c1-11(14-4-3-9-19-14)17(2)15(18)10-12-5-7-13(16)8-6-12/h3-9,11H,10H2,1-2H3. The molecular formula is C15H16ClNO2. The average Bonchev–Trinajstić information content (AvgIpc) is 2.93. The number of carbonyl (C=O) groups excluding carboxylic acids is 1. The molecule has 0 N–H and O–H groups in total. The summed E-state index contributed by atoms with van der Waals surface area (Å²) in [6.45, 7) is 1.94. The first-order chi connectivity index (χ1) is 9.08. The Morgan fingerprint density at radius 2 is 2.00 bits per heavy atom. The zero-order chi connectivity index (χ0) is 13.8. The van der Waals surface area contributed by atoms with E-state index in [0.717, 1.165) is 11.3 Å². The second kappa shape index (κ2) is 5.93. The molecule has 2 rings (SSSR count). The highest BCUT2D eigenvalue weighted by Gasteiger charge is 2.19. The molecule has 1 aromatic heterocycles. The van der Waals surface area contributed by atoms with Crippen molar-refractivity contribution in [3.8, 4) is 0 Å². The number of hydrogen-bond acceptors (Lipinski definition) is 2. The number of halogens is 1. The normalized spacial score (nSPS) is 12.2. The zero-order valence-electron chi connectivity index (χ0n) is 11.0. The fourth-order valence-electron chi connectivity index (χ4n) is 1.84. The molecule has 0 aliphatic heterocycles. The van der Waals surface area contributed by atoms with Crippen LogP contribution in [0.15, 0.2) is 47.1 Å². The highest BCUT2D eigenvalue weighted by atomic mass is 35.5. The summed E-state index contributed by atoms with van der Waals surface area (Å²) in [5.41, 5.74) is 0.952. The predicted molar refractivity (Wildman–Crippen MR) is 75.0 cm³/mol. The minimum Gasteiger partial charge on any atom is -0.467 e. The molecule has 0 aliphatic rings. The Labute approximate surface area is 117 Å². The Kier molecular flexibility index (Phi) is 4.27. The molecule has 1 atom stereocenters. The van der Waals surface area contributed by atoms with Gasteiger partial charge in [-0.05, 0) is 36.8 Å². The third kappa shape index (κ3) is 3.38. The summed E-state index contributed by atoms with van der Waals surface area (Å²) in [5.74, 6) is 0.832. The summed E-state index contributed by atoms with van der Waals surface area (Å²) in [7, 11) is 1.78. The largest absolute Gasteiger partial charge is 0.467 e. The molecule has 0 radical (unpaired) electrons. The van der Waals surface area contributed by atoms with Crippen LogP contribution in [0.2, 0.25) is 5.02 Å². The van der Waals surface area contributed by atoms with E-state index in [-0.39, 0.29) is 11.9 Å². The number of carbonyl (C=O) groups is 1. The molecule has 0 saturated carbocycles. The number of rotatable bonds is 4. The fraction of sp³-hybridized carbons (Fsp3) is 0.267. The molecule has 4 heteroatoms. The Morgan fingerprint density at radius 3 is 2.58 bits per heavy atom. The van der Waals surface area contributed by atoms with E-state index in [4.69, 9.17) is 16.0 Å². The van der Waals surface area contributed by atoms with Gasteiger partial charge in [-0.15, -0.1) is 0 Å². The van der Waals surface area contributed by atoms with Gasteiger partial charge in [-0.25, -0.2) is 0 Å². The van der Waals surface area contributed by atoms with Crippen LogP contribution in [-0.4, -0.2) is 17.9 Å². The van der Waals surface area contributed by atoms with Gasteiger partial charge < -0.3 is 9.32 Å². The first kappa shape index (κ1) is 13.7. The van der Waals surface area contributed by atoms with E-state index < -0.39 is 0 Å². The maximum Gasteiger partial charge on any atom is 0.227 e. The van der Waals surface area contributed by atoms with Crippen molar-refractivity contribution in [1.29, 1.82) is 0 Å². The smallest absolute Gasteiger partial charge is 0.227 e. The van der Waals surface area contributed by atoms with Gasteiger partial charge in [0.2, 0.25) is 5.91 Å². The lowest BCUT2D eigenvalue weighted by atomic mass is 10.1. The van der Waals surface area contributed by atoms with E-state index in [1.165, 1.54) is 0 Å². The molecule has 3 nitrogen and oxygen atoms in total. The van der Waals surface area contributed by atoms with Gasteiger partial charge in [0, 0.05) is 12.1 Å². The first-order valence-electron chi connectivity index (χ1n) is 6.11. The van der Waals surface area contributed by atoms with Crippen molar-refractivity contribution in [2.75, 3.05) is 7.05 Å². The van der Waals surface area contributed by atoms with Gasteiger partial charge in [0.25, 0.3) is 0 Å². The van der Waals surface area contributed by atoms with Crippen LogP contribution in [0.3, 0.4) is 0 Å². The molecule has 100 valence electrons. The SMILES string of the molecule is CC(c1ccco1)N(C)C(=O)Cc1ccc(Cl)cc1. The highest BCUT2D eigenvalue weighted by molar-refractivity contribution is 6.30. The van der Waals surface area contributed by atoms with Gasteiger partial charge in [0.15, 0.2) is 0 Å². The Bertz CT molecular complexity index is 534. The number of nitrogens with zero attached hydrogens (tertiary/aromatic N) is 1. The van der Waals surface area contributed by atoms with Crippen LogP contribution in [0.4, 0.5) is 0 Å². The number of benzene rings is 1. The molecule has 0 bridgehead atoms. The van der Waals surface area contributed by atoms with E-state index in [2.05, 4.69) is 0 Å². The molecule has 0 fully saturated rings. The summed E-state index contributed by atoms with van der Waals surface area (Å²) in [4.78, 5) is 13.9. The second-order valence-corrected chi connectivity index (χ2v) is 4.94. The topological polar surface area (TPSA) is 33.5 Å². The quantitative estimate of drug-likeness (QED) is 0.854. The van der Waals surface area contributed by atoms with Crippen molar-refractivity contribution in [2.45, 2.75) is 19.4 Å². The van der Waals surface area contributed by atoms with E-state index >= 15 is 0 Å². The molecular weight excluding hydrogens is 262 g/mol. The van der Waals surface area contributed by atoms with Gasteiger partial charge in [-0.3, -0.25) is 4.79 Å². The maximum atomic E-state index is 12.2. The summed E-state index contributed by atoms with van der Waals surface area (Å²) in [6.07, 6.45) is 1.97. The van der Waals surface area contributed by atoms with Crippen LogP contribution in [-0.2, 0) is 11.2 Å². The van der Waals surface area contributed by atoms with Gasteiger partial charge in [0.1, 0.15) is 5.76 Å². The van der Waals surface area contributed by atoms with Crippen molar-refractivity contribution in [3.63, 3.8) is 0 Å². The van der Waals surface area contributed by atoms with E-state index in [1.807, 2.05) is 31.2 Å². The van der Waals surface area contributed by atoms with Gasteiger partial charge in [-0.2, -0.15) is 0 Å². The van der Waals surface area contributed by atoms with Crippen molar-refractivity contribution in [2.24, 2.45) is 0 Å². The minimum absolute atomic E-state index is 0.0474. The maximum absolute atomic E-state index is 12.2. The van der Waals surface area contributed by atoms with Gasteiger partial charge in [0.05, 0.1) is 18.7 Å². The fourth-order valence-corrected chi connectivity index (χ4v) is 1.96. The predicted octanol–water partition coefficient (Wildman–Crippen LogP) is 3.70. The molecule has 0 saturated heterocycles. The lowest BCUT2D eigenvalue weighted by Gasteiger charge is -2.23. The Balaban J connectivity index is 2.01. The van der Waals surface area contributed by atoms with E-state index in [0.29, 0.717) is 11.4 Å². The van der Waals surface area contributed by atoms with E-state index in [9.17, 15) is 4.79 Å². The Morgan fingerprint density at radius 1 is 1.32 bits per heavy atom. The van der Waals surface area contributed by atoms with Crippen LogP contribution in [0.1, 0.15) is 24.3 Å². The third-order valence-electron chi connectivity index (χ3n) is 3.20. The lowest BCUT2D eigenvalue weighted by molar-refractivity contribution is -0.131. The molecule has 0 spiro atoms. The zero-order valence-corrected chi connectivity index (χ0v) is 11.7. The molecule has 1 unspecified atom stereocenters. The summed E-state index contributed by atoms with van der Waals surface area (Å²) in [6, 6.07) is 10.9. The summed E-state index contributed by atoms with van der Waals surface area (Å²) < 4.78 is 5.32. The summed E-state index contributed by atoms with van der Waals surface area (Å²) in [5, 5.41) is 0.675. The number of hydrogen-bond donors (Lipinski definition) is 0. The molecule has 1 amide bonds. The monoisotopic (exact) mass is 277 g/mol. The van der Waals surface area contributed by atoms with Crippen molar-refractivity contribution >= 4 is 17.5 Å². The van der Waals surface area contributed by atoms with Crippen LogP contribution in [0.25, 0.3) is 0 Å². The average molecular weight is 278 g/mol. The molecule has 1 aromatic carbocycles. The second-order valence-electron chi connectivity index (χ2n) is 4.50. The van der Waals surface area contributed by atoms with Crippen molar-refractivity contribution < 1.29 is 9.21 Å². The molecule has 1 heterocycles. The highest BCUT2D eigenvalue weighted by Crippen LogP contribution is 2.20. The summed E-state index contributed by atoms with van der Waals surface area (Å²) >= 11 is 5.82. The lowest BCUT2D eigenvalue weighted by Crippen LogP contribution is -2.30. The van der Waals surface area contributed by atoms with Crippen LogP contribution >= 0.6 is 11.6 Å². The van der Waals surface area contributed by atoms with Crippen LogP contribution < -0.4 is 0 Å². The molecule has 19 heavy (non-hydrogen) atoms. The third-order valence-corrected chi connectivity index (χ3v) is 3.45. The van der Waals surface area contributed by atoms with Gasteiger partial charge >= 0.3 is 0 Å². The van der Waals surface area contributed by atoms with Crippen LogP contribution in [0, 0.1) is 0 Å². The minimum atomic E-state index is -0.0743. The molecule has 2 aromatic rings. The van der Waals surface area contributed by atoms with Crippen molar-refractivity contribution in [1.82, 2.24) is 4.90 Å².